The summed E-state index contributed by atoms with van der Waals surface area (Å²) in [5, 5.41) is 12.8. The molecule has 2 rings (SSSR count). The normalized spacial score (nSPS) is 10.4. The first-order chi connectivity index (χ1) is 10.1. The maximum atomic E-state index is 9.42. The Morgan fingerprint density at radius 2 is 1.86 bits per heavy atom. The smallest absolute Gasteiger partial charge is 0.101 e. The Morgan fingerprint density at radius 3 is 2.48 bits per heavy atom. The van der Waals surface area contributed by atoms with Crippen molar-refractivity contribution in [3.8, 4) is 6.07 Å². The summed E-state index contributed by atoms with van der Waals surface area (Å²) < 4.78 is 0. The van der Waals surface area contributed by atoms with Crippen LogP contribution in [0, 0.1) is 11.3 Å². The number of para-hydroxylation sites is 1. The van der Waals surface area contributed by atoms with Crippen molar-refractivity contribution in [1.29, 1.82) is 5.26 Å². The Hall–Kier alpha value is -2.31. The van der Waals surface area contributed by atoms with E-state index in [0.717, 1.165) is 23.5 Å². The van der Waals surface area contributed by atoms with Crippen molar-refractivity contribution < 1.29 is 0 Å². The van der Waals surface area contributed by atoms with Crippen LogP contribution >= 0.6 is 0 Å². The van der Waals surface area contributed by atoms with E-state index in [1.54, 1.807) is 0 Å². The molecule has 0 aromatic heterocycles. The summed E-state index contributed by atoms with van der Waals surface area (Å²) in [6.07, 6.45) is 0. The minimum Gasteiger partial charge on any atom is -0.344 e. The van der Waals surface area contributed by atoms with Crippen molar-refractivity contribution in [3.05, 3.63) is 59.7 Å². The van der Waals surface area contributed by atoms with E-state index in [-0.39, 0.29) is 0 Å². The first-order valence-corrected chi connectivity index (χ1v) is 7.17. The van der Waals surface area contributed by atoms with Crippen LogP contribution in [-0.2, 0) is 6.54 Å². The van der Waals surface area contributed by atoms with E-state index in [0.29, 0.717) is 11.6 Å². The SMILES string of the molecule is CC(C)NCc1ccc(N(C)c2ccccc2)c(C#N)c1. The lowest BCUT2D eigenvalue weighted by Gasteiger charge is -2.21. The van der Waals surface area contributed by atoms with Gasteiger partial charge in [-0.25, -0.2) is 0 Å². The predicted molar refractivity (Wildman–Crippen MR) is 87.6 cm³/mol. The van der Waals surface area contributed by atoms with Gasteiger partial charge in [-0.3, -0.25) is 0 Å². The molecule has 1 N–H and O–H groups in total. The molecule has 0 bridgehead atoms. The summed E-state index contributed by atoms with van der Waals surface area (Å²) in [5.41, 5.74) is 3.83. The average Bonchev–Trinajstić information content (AvgIpc) is 2.52. The Balaban J connectivity index is 2.26. The van der Waals surface area contributed by atoms with Gasteiger partial charge in [-0.1, -0.05) is 38.1 Å². The molecule has 2 aromatic rings. The highest BCUT2D eigenvalue weighted by molar-refractivity contribution is 5.69. The van der Waals surface area contributed by atoms with E-state index in [2.05, 4.69) is 31.3 Å². The number of rotatable bonds is 5. The van der Waals surface area contributed by atoms with E-state index < -0.39 is 0 Å². The first kappa shape index (κ1) is 15.1. The predicted octanol–water partition coefficient (Wildman–Crippen LogP) is 3.82. The van der Waals surface area contributed by atoms with Gasteiger partial charge >= 0.3 is 0 Å². The van der Waals surface area contributed by atoms with Gasteiger partial charge < -0.3 is 10.2 Å². The lowest BCUT2D eigenvalue weighted by molar-refractivity contribution is 0.589. The monoisotopic (exact) mass is 279 g/mol. The van der Waals surface area contributed by atoms with E-state index in [4.69, 9.17) is 0 Å². The van der Waals surface area contributed by atoms with Gasteiger partial charge in [0.15, 0.2) is 0 Å². The van der Waals surface area contributed by atoms with Crippen molar-refractivity contribution in [2.24, 2.45) is 0 Å². The van der Waals surface area contributed by atoms with Gasteiger partial charge in [-0.05, 0) is 29.8 Å². The molecule has 0 saturated carbocycles. The molecular weight excluding hydrogens is 258 g/mol. The third-order valence-corrected chi connectivity index (χ3v) is 3.40. The molecule has 0 heterocycles. The number of hydrogen-bond donors (Lipinski definition) is 1. The lowest BCUT2D eigenvalue weighted by atomic mass is 10.1. The Labute approximate surface area is 126 Å². The summed E-state index contributed by atoms with van der Waals surface area (Å²) in [7, 11) is 1.98. The van der Waals surface area contributed by atoms with E-state index in [1.807, 2.05) is 54.4 Å². The quantitative estimate of drug-likeness (QED) is 0.904. The van der Waals surface area contributed by atoms with E-state index >= 15 is 0 Å². The molecule has 21 heavy (non-hydrogen) atoms. The molecule has 0 aliphatic carbocycles. The molecule has 0 saturated heterocycles. The maximum Gasteiger partial charge on any atom is 0.101 e. The van der Waals surface area contributed by atoms with Crippen LogP contribution in [0.5, 0.6) is 0 Å². The van der Waals surface area contributed by atoms with Crippen LogP contribution < -0.4 is 10.2 Å². The van der Waals surface area contributed by atoms with Gasteiger partial charge in [-0.15, -0.1) is 0 Å². The van der Waals surface area contributed by atoms with Crippen molar-refractivity contribution in [2.45, 2.75) is 26.4 Å². The summed E-state index contributed by atoms with van der Waals surface area (Å²) in [6.45, 7) is 5.01. The van der Waals surface area contributed by atoms with Crippen LogP contribution in [0.4, 0.5) is 11.4 Å². The minimum absolute atomic E-state index is 0.433. The molecule has 0 amide bonds. The number of nitrogens with zero attached hydrogens (tertiary/aromatic N) is 2. The number of benzene rings is 2. The van der Waals surface area contributed by atoms with Crippen molar-refractivity contribution in [1.82, 2.24) is 5.32 Å². The van der Waals surface area contributed by atoms with E-state index in [9.17, 15) is 5.26 Å². The highest BCUT2D eigenvalue weighted by Gasteiger charge is 2.10. The third-order valence-electron chi connectivity index (χ3n) is 3.40. The molecule has 3 nitrogen and oxygen atoms in total. The fraction of sp³-hybridized carbons (Fsp3) is 0.278. The van der Waals surface area contributed by atoms with Crippen LogP contribution in [0.3, 0.4) is 0 Å². The van der Waals surface area contributed by atoms with Crippen molar-refractivity contribution >= 4 is 11.4 Å². The lowest BCUT2D eigenvalue weighted by Crippen LogP contribution is -2.22. The molecule has 0 atom stereocenters. The zero-order valence-corrected chi connectivity index (χ0v) is 12.8. The summed E-state index contributed by atoms with van der Waals surface area (Å²) in [4.78, 5) is 2.04. The molecule has 0 fully saturated rings. The summed E-state index contributed by atoms with van der Waals surface area (Å²) in [6, 6.07) is 18.9. The molecule has 108 valence electrons. The van der Waals surface area contributed by atoms with Gasteiger partial charge in [-0.2, -0.15) is 5.26 Å². The average molecular weight is 279 g/mol. The molecule has 0 unspecified atom stereocenters. The van der Waals surface area contributed by atoms with Crippen LogP contribution in [0.25, 0.3) is 0 Å². The molecule has 0 aliphatic heterocycles. The van der Waals surface area contributed by atoms with Crippen LogP contribution in [0.1, 0.15) is 25.0 Å². The summed E-state index contributed by atoms with van der Waals surface area (Å²) in [5.74, 6) is 0. The molecule has 0 radical (unpaired) electrons. The largest absolute Gasteiger partial charge is 0.344 e. The van der Waals surface area contributed by atoms with Crippen molar-refractivity contribution in [2.75, 3.05) is 11.9 Å². The van der Waals surface area contributed by atoms with Crippen LogP contribution in [-0.4, -0.2) is 13.1 Å². The number of nitriles is 1. The van der Waals surface area contributed by atoms with Gasteiger partial charge in [0.25, 0.3) is 0 Å². The van der Waals surface area contributed by atoms with Crippen LogP contribution in [0.2, 0.25) is 0 Å². The Bertz CT molecular complexity index is 627. The third kappa shape index (κ3) is 3.84. The molecule has 0 spiro atoms. The van der Waals surface area contributed by atoms with Gasteiger partial charge in [0.1, 0.15) is 6.07 Å². The molecular formula is C18H21N3. The first-order valence-electron chi connectivity index (χ1n) is 7.17. The number of anilines is 2. The van der Waals surface area contributed by atoms with Gasteiger partial charge in [0, 0.05) is 25.3 Å². The maximum absolute atomic E-state index is 9.42. The Kier molecular flexibility index (Phi) is 4.97. The topological polar surface area (TPSA) is 39.1 Å². The fourth-order valence-corrected chi connectivity index (χ4v) is 2.19. The highest BCUT2D eigenvalue weighted by Crippen LogP contribution is 2.27. The fourth-order valence-electron chi connectivity index (χ4n) is 2.19. The number of nitrogens with one attached hydrogen (secondary N) is 1. The summed E-state index contributed by atoms with van der Waals surface area (Å²) >= 11 is 0. The van der Waals surface area contributed by atoms with E-state index in [1.165, 1.54) is 0 Å². The zero-order chi connectivity index (χ0) is 15.2. The molecule has 3 heteroatoms. The molecule has 2 aromatic carbocycles. The van der Waals surface area contributed by atoms with Crippen LogP contribution in [0.15, 0.2) is 48.5 Å². The van der Waals surface area contributed by atoms with Gasteiger partial charge in [0.2, 0.25) is 0 Å². The number of hydrogen-bond acceptors (Lipinski definition) is 3. The van der Waals surface area contributed by atoms with Crippen molar-refractivity contribution in [3.63, 3.8) is 0 Å². The second kappa shape index (κ2) is 6.92. The second-order valence-electron chi connectivity index (χ2n) is 5.39. The second-order valence-corrected chi connectivity index (χ2v) is 5.39. The highest BCUT2D eigenvalue weighted by atomic mass is 15.1. The standard InChI is InChI=1S/C18H21N3/c1-14(2)20-13-15-9-10-18(16(11-15)12-19)21(3)17-7-5-4-6-8-17/h4-11,14,20H,13H2,1-3H3. The minimum atomic E-state index is 0.433. The Morgan fingerprint density at radius 1 is 1.14 bits per heavy atom. The zero-order valence-electron chi connectivity index (χ0n) is 12.8. The van der Waals surface area contributed by atoms with Gasteiger partial charge in [0.05, 0.1) is 11.3 Å². The molecule has 0 aliphatic rings.